The number of aryl methyl sites for hydroxylation is 1. The van der Waals surface area contributed by atoms with Crippen LogP contribution in [-0.2, 0) is 17.8 Å². The van der Waals surface area contributed by atoms with Gasteiger partial charge in [0.05, 0.1) is 6.17 Å². The number of carbonyl (C=O) groups excluding carboxylic acids is 2. The maximum absolute atomic E-state index is 12.2. The fourth-order valence-electron chi connectivity index (χ4n) is 3.26. The maximum atomic E-state index is 12.2. The summed E-state index contributed by atoms with van der Waals surface area (Å²) in [6.45, 7) is 4.48. The Morgan fingerprint density at radius 3 is 2.53 bits per heavy atom. The molecule has 3 aromatic rings. The molecule has 7 nitrogen and oxygen atoms in total. The van der Waals surface area contributed by atoms with Gasteiger partial charge in [-0.2, -0.15) is 0 Å². The van der Waals surface area contributed by atoms with Crippen molar-refractivity contribution in [3.63, 3.8) is 0 Å². The van der Waals surface area contributed by atoms with Crippen molar-refractivity contribution in [2.24, 2.45) is 0 Å². The van der Waals surface area contributed by atoms with Gasteiger partial charge < -0.3 is 25.4 Å². The number of anilines is 1. The van der Waals surface area contributed by atoms with E-state index < -0.39 is 18.4 Å². The predicted octanol–water partition coefficient (Wildman–Crippen LogP) is 5.77. The molecule has 0 spiro atoms. The summed E-state index contributed by atoms with van der Waals surface area (Å²) >= 11 is 3.45. The van der Waals surface area contributed by atoms with Crippen molar-refractivity contribution >= 4 is 33.8 Å². The third-order valence-corrected chi connectivity index (χ3v) is 5.44. The molecule has 3 aromatic carbocycles. The molecule has 0 radical (unpaired) electrons. The zero-order valence-electron chi connectivity index (χ0n) is 19.1. The van der Waals surface area contributed by atoms with Crippen LogP contribution in [0.15, 0.2) is 77.3 Å². The SMILES string of the molecule is Cc1cc(Br)ccc1CCNC(=O)Oc1cccc(N[C@@H](C)NC(=O)OCc2ccccc2)c1. The van der Waals surface area contributed by atoms with Crippen LogP contribution in [0, 0.1) is 6.92 Å². The number of nitrogens with one attached hydrogen (secondary N) is 3. The predicted molar refractivity (Wildman–Crippen MR) is 136 cm³/mol. The number of hydrogen-bond donors (Lipinski definition) is 3. The monoisotopic (exact) mass is 525 g/mol. The van der Waals surface area contributed by atoms with Crippen LogP contribution < -0.4 is 20.7 Å². The summed E-state index contributed by atoms with van der Waals surface area (Å²) in [5.74, 6) is 0.390. The van der Waals surface area contributed by atoms with E-state index in [1.54, 1.807) is 25.1 Å². The first-order valence-corrected chi connectivity index (χ1v) is 11.7. The Hall–Kier alpha value is -3.52. The molecule has 0 unspecified atom stereocenters. The third-order valence-electron chi connectivity index (χ3n) is 4.94. The van der Waals surface area contributed by atoms with E-state index >= 15 is 0 Å². The highest BCUT2D eigenvalue weighted by Crippen LogP contribution is 2.18. The van der Waals surface area contributed by atoms with Crippen LogP contribution in [0.4, 0.5) is 15.3 Å². The quantitative estimate of drug-likeness (QED) is 0.308. The first kappa shape index (κ1) is 25.1. The highest BCUT2D eigenvalue weighted by Gasteiger charge is 2.10. The van der Waals surface area contributed by atoms with Gasteiger partial charge in [0.15, 0.2) is 0 Å². The Balaban J connectivity index is 1.41. The van der Waals surface area contributed by atoms with Gasteiger partial charge in [-0.25, -0.2) is 9.59 Å². The van der Waals surface area contributed by atoms with Gasteiger partial charge in [-0.15, -0.1) is 0 Å². The minimum Gasteiger partial charge on any atom is -0.445 e. The van der Waals surface area contributed by atoms with Crippen LogP contribution in [0.25, 0.3) is 0 Å². The van der Waals surface area contributed by atoms with Crippen LogP contribution in [0.5, 0.6) is 5.75 Å². The molecule has 0 aliphatic rings. The smallest absolute Gasteiger partial charge is 0.412 e. The molecule has 0 fully saturated rings. The molecule has 1 atom stereocenters. The fourth-order valence-corrected chi connectivity index (χ4v) is 3.73. The molecule has 3 rings (SSSR count). The second-order valence-corrected chi connectivity index (χ2v) is 8.65. The first-order chi connectivity index (χ1) is 16.4. The van der Waals surface area contributed by atoms with E-state index in [4.69, 9.17) is 9.47 Å². The number of halogens is 1. The van der Waals surface area contributed by atoms with Crippen LogP contribution in [0.1, 0.15) is 23.6 Å². The highest BCUT2D eigenvalue weighted by molar-refractivity contribution is 9.10. The Morgan fingerprint density at radius 1 is 0.971 bits per heavy atom. The van der Waals surface area contributed by atoms with Gasteiger partial charge >= 0.3 is 12.2 Å². The number of rotatable bonds is 9. The van der Waals surface area contributed by atoms with Crippen LogP contribution in [0.3, 0.4) is 0 Å². The fraction of sp³-hybridized carbons (Fsp3) is 0.231. The summed E-state index contributed by atoms with van der Waals surface area (Å²) in [4.78, 5) is 24.2. The molecule has 0 saturated carbocycles. The summed E-state index contributed by atoms with van der Waals surface area (Å²) in [5, 5.41) is 8.62. The van der Waals surface area contributed by atoms with E-state index in [2.05, 4.69) is 31.9 Å². The standard InChI is InChI=1S/C26H28BrN3O4/c1-18-15-22(27)12-11-21(18)13-14-28-25(31)34-24-10-6-9-23(16-24)29-19(2)30-26(32)33-17-20-7-4-3-5-8-20/h3-12,15-16,19,29H,13-14,17H2,1-2H3,(H,28,31)(H,30,32)/t19-/m1/s1. The highest BCUT2D eigenvalue weighted by atomic mass is 79.9. The van der Waals surface area contributed by atoms with Gasteiger partial charge in [0, 0.05) is 22.8 Å². The number of alkyl carbamates (subject to hydrolysis) is 1. The summed E-state index contributed by atoms with van der Waals surface area (Å²) in [5.41, 5.74) is 3.92. The van der Waals surface area contributed by atoms with E-state index in [-0.39, 0.29) is 6.61 Å². The van der Waals surface area contributed by atoms with Crippen molar-refractivity contribution in [3.8, 4) is 5.75 Å². The van der Waals surface area contributed by atoms with E-state index in [1.165, 1.54) is 5.56 Å². The summed E-state index contributed by atoms with van der Waals surface area (Å²) in [6, 6.07) is 22.5. The number of hydrogen-bond acceptors (Lipinski definition) is 5. The van der Waals surface area contributed by atoms with Crippen LogP contribution >= 0.6 is 15.9 Å². The van der Waals surface area contributed by atoms with Gasteiger partial charge in [0.25, 0.3) is 0 Å². The lowest BCUT2D eigenvalue weighted by Crippen LogP contribution is -2.38. The lowest BCUT2D eigenvalue weighted by atomic mass is 10.1. The topological polar surface area (TPSA) is 88.7 Å². The maximum Gasteiger partial charge on any atom is 0.412 e. The molecule has 8 heteroatoms. The first-order valence-electron chi connectivity index (χ1n) is 10.9. The largest absolute Gasteiger partial charge is 0.445 e. The zero-order valence-corrected chi connectivity index (χ0v) is 20.7. The van der Waals surface area contributed by atoms with Crippen molar-refractivity contribution in [1.82, 2.24) is 10.6 Å². The normalized spacial score (nSPS) is 11.3. The molecule has 178 valence electrons. The number of benzene rings is 3. The van der Waals surface area contributed by atoms with Crippen molar-refractivity contribution in [2.45, 2.75) is 33.0 Å². The van der Waals surface area contributed by atoms with Crippen molar-refractivity contribution in [1.29, 1.82) is 0 Å². The second kappa shape index (κ2) is 12.6. The molecular formula is C26H28BrN3O4. The molecule has 0 aromatic heterocycles. The number of ether oxygens (including phenoxy) is 2. The average Bonchev–Trinajstić information content (AvgIpc) is 2.80. The van der Waals surface area contributed by atoms with E-state index in [9.17, 15) is 9.59 Å². The van der Waals surface area contributed by atoms with Gasteiger partial charge in [-0.05, 0) is 61.2 Å². The average molecular weight is 526 g/mol. The van der Waals surface area contributed by atoms with Crippen LogP contribution in [0.2, 0.25) is 0 Å². The molecule has 3 N–H and O–H groups in total. The summed E-state index contributed by atoms with van der Waals surface area (Å²) in [7, 11) is 0. The van der Waals surface area contributed by atoms with Gasteiger partial charge in [-0.1, -0.05) is 58.4 Å². The van der Waals surface area contributed by atoms with Crippen molar-refractivity contribution in [2.75, 3.05) is 11.9 Å². The molecule has 2 amide bonds. The molecular weight excluding hydrogens is 498 g/mol. The minimum absolute atomic E-state index is 0.194. The van der Waals surface area contributed by atoms with Gasteiger partial charge in [0.2, 0.25) is 0 Å². The lowest BCUT2D eigenvalue weighted by molar-refractivity contribution is 0.137. The molecule has 0 heterocycles. The third kappa shape index (κ3) is 8.44. The zero-order chi connectivity index (χ0) is 24.3. The number of carbonyl (C=O) groups is 2. The minimum atomic E-state index is -0.531. The number of amides is 2. The molecule has 0 saturated heterocycles. The van der Waals surface area contributed by atoms with Gasteiger partial charge in [0.1, 0.15) is 12.4 Å². The van der Waals surface area contributed by atoms with E-state index in [0.717, 1.165) is 15.6 Å². The Kier molecular flexibility index (Phi) is 9.34. The van der Waals surface area contributed by atoms with E-state index in [0.29, 0.717) is 24.4 Å². The van der Waals surface area contributed by atoms with E-state index in [1.807, 2.05) is 61.5 Å². The molecule has 34 heavy (non-hydrogen) atoms. The van der Waals surface area contributed by atoms with Gasteiger partial charge in [-0.3, -0.25) is 0 Å². The molecule has 0 aliphatic carbocycles. The molecule has 0 bridgehead atoms. The summed E-state index contributed by atoms with van der Waals surface area (Å²) in [6.07, 6.45) is -0.750. The molecule has 0 aliphatic heterocycles. The van der Waals surface area contributed by atoms with Crippen LogP contribution in [-0.4, -0.2) is 24.9 Å². The van der Waals surface area contributed by atoms with Crippen molar-refractivity contribution < 1.29 is 19.1 Å². The Labute approximate surface area is 208 Å². The second-order valence-electron chi connectivity index (χ2n) is 7.74. The Morgan fingerprint density at radius 2 is 1.76 bits per heavy atom. The van der Waals surface area contributed by atoms with Crippen molar-refractivity contribution in [3.05, 3.63) is 94.0 Å². The lowest BCUT2D eigenvalue weighted by Gasteiger charge is -2.17. The summed E-state index contributed by atoms with van der Waals surface area (Å²) < 4.78 is 11.6. The Bertz CT molecular complexity index is 1110.